The number of benzene rings is 2. The molecule has 4 rings (SSSR count). The first kappa shape index (κ1) is 25.1. The minimum Gasteiger partial charge on any atom is -0.493 e. The molecule has 2 aromatic rings. The summed E-state index contributed by atoms with van der Waals surface area (Å²) in [5.41, 5.74) is 1.65. The standard InChI is InChI=1S/C25H25ClN2O6S/c1-32-21-14-18(4-7-20(21)34-16-17-2-5-19(26)6-3-17)15-22-24(30)28(25(31)35-22)9-8-23(29)27-10-12-33-13-11-27/h2-7,14-15H,8-13,16H2,1H3. The lowest BCUT2D eigenvalue weighted by Crippen LogP contribution is -2.42. The van der Waals surface area contributed by atoms with Gasteiger partial charge in [-0.1, -0.05) is 29.8 Å². The van der Waals surface area contributed by atoms with Crippen LogP contribution in [0.25, 0.3) is 6.08 Å². The van der Waals surface area contributed by atoms with E-state index in [0.717, 1.165) is 22.2 Å². The van der Waals surface area contributed by atoms with Crippen LogP contribution in [0.4, 0.5) is 4.79 Å². The van der Waals surface area contributed by atoms with Gasteiger partial charge < -0.3 is 19.1 Å². The summed E-state index contributed by atoms with van der Waals surface area (Å²) in [7, 11) is 1.54. The first-order valence-corrected chi connectivity index (χ1v) is 12.3. The van der Waals surface area contributed by atoms with Crippen molar-refractivity contribution in [1.29, 1.82) is 0 Å². The molecule has 10 heteroatoms. The van der Waals surface area contributed by atoms with Crippen LogP contribution in [0.2, 0.25) is 5.02 Å². The van der Waals surface area contributed by atoms with E-state index in [-0.39, 0.29) is 24.1 Å². The summed E-state index contributed by atoms with van der Waals surface area (Å²) in [6, 6.07) is 12.6. The summed E-state index contributed by atoms with van der Waals surface area (Å²) in [5, 5.41) is 0.273. The Balaban J connectivity index is 1.39. The van der Waals surface area contributed by atoms with Gasteiger partial charge in [0.2, 0.25) is 5.91 Å². The quantitative estimate of drug-likeness (QED) is 0.486. The molecule has 0 spiro atoms. The average molecular weight is 517 g/mol. The maximum absolute atomic E-state index is 12.8. The monoisotopic (exact) mass is 516 g/mol. The van der Waals surface area contributed by atoms with Crippen LogP contribution in [0, 0.1) is 0 Å². The SMILES string of the molecule is COc1cc(C=C2SC(=O)N(CCC(=O)N3CCOCC3)C2=O)ccc1OCc1ccc(Cl)cc1. The van der Waals surface area contributed by atoms with Crippen molar-refractivity contribution in [3.05, 3.63) is 63.5 Å². The molecule has 3 amide bonds. The smallest absolute Gasteiger partial charge is 0.293 e. The van der Waals surface area contributed by atoms with Crippen molar-refractivity contribution in [2.24, 2.45) is 0 Å². The van der Waals surface area contributed by atoms with Gasteiger partial charge in [0.1, 0.15) is 6.61 Å². The number of rotatable bonds is 8. The number of thioether (sulfide) groups is 1. The van der Waals surface area contributed by atoms with Crippen LogP contribution in [0.1, 0.15) is 17.5 Å². The summed E-state index contributed by atoms with van der Waals surface area (Å²) in [6.45, 7) is 2.46. The van der Waals surface area contributed by atoms with Crippen LogP contribution >= 0.6 is 23.4 Å². The summed E-state index contributed by atoms with van der Waals surface area (Å²) in [4.78, 5) is 40.7. The molecule has 2 aliphatic rings. The maximum atomic E-state index is 12.8. The minimum atomic E-state index is -0.406. The van der Waals surface area contributed by atoms with E-state index in [0.29, 0.717) is 59.9 Å². The molecule has 0 unspecified atom stereocenters. The van der Waals surface area contributed by atoms with Gasteiger partial charge in [0.05, 0.1) is 25.2 Å². The minimum absolute atomic E-state index is 0.0546. The molecule has 2 aromatic carbocycles. The highest BCUT2D eigenvalue weighted by atomic mass is 35.5. The molecule has 0 atom stereocenters. The second-order valence-corrected chi connectivity index (χ2v) is 9.33. The summed E-state index contributed by atoms with van der Waals surface area (Å²) in [6.07, 6.45) is 1.74. The molecule has 0 bridgehead atoms. The lowest BCUT2D eigenvalue weighted by atomic mass is 10.1. The van der Waals surface area contributed by atoms with Crippen LogP contribution in [-0.2, 0) is 20.9 Å². The topological polar surface area (TPSA) is 85.4 Å². The van der Waals surface area contributed by atoms with Crippen LogP contribution in [-0.4, -0.2) is 66.8 Å². The van der Waals surface area contributed by atoms with Crippen molar-refractivity contribution in [1.82, 2.24) is 9.80 Å². The largest absolute Gasteiger partial charge is 0.493 e. The molecule has 0 saturated carbocycles. The third kappa shape index (κ3) is 6.36. The van der Waals surface area contributed by atoms with E-state index in [2.05, 4.69) is 0 Å². The third-order valence-electron chi connectivity index (χ3n) is 5.58. The normalized spacial score (nSPS) is 17.3. The van der Waals surface area contributed by atoms with E-state index in [1.165, 1.54) is 7.11 Å². The Morgan fingerprint density at radius 1 is 1.11 bits per heavy atom. The number of methoxy groups -OCH3 is 1. The van der Waals surface area contributed by atoms with E-state index >= 15 is 0 Å². The van der Waals surface area contributed by atoms with Crippen molar-refractivity contribution in [3.8, 4) is 11.5 Å². The van der Waals surface area contributed by atoms with Crippen LogP contribution in [0.3, 0.4) is 0 Å². The first-order valence-electron chi connectivity index (χ1n) is 11.1. The number of imide groups is 1. The molecule has 2 saturated heterocycles. The summed E-state index contributed by atoms with van der Waals surface area (Å²) in [5.74, 6) is 0.560. The zero-order chi connectivity index (χ0) is 24.8. The molecule has 2 fully saturated rings. The van der Waals surface area contributed by atoms with Crippen LogP contribution in [0.15, 0.2) is 47.4 Å². The van der Waals surface area contributed by atoms with Gasteiger partial charge in [-0.25, -0.2) is 0 Å². The summed E-state index contributed by atoms with van der Waals surface area (Å²) < 4.78 is 16.6. The Hall–Kier alpha value is -3.01. The highest BCUT2D eigenvalue weighted by molar-refractivity contribution is 8.18. The van der Waals surface area contributed by atoms with Crippen molar-refractivity contribution in [2.75, 3.05) is 40.0 Å². The number of carbonyl (C=O) groups is 3. The van der Waals surface area contributed by atoms with Gasteiger partial charge in [0, 0.05) is 31.1 Å². The molecule has 0 radical (unpaired) electrons. The number of morpholine rings is 1. The molecule has 35 heavy (non-hydrogen) atoms. The number of halogens is 1. The third-order valence-corrected chi connectivity index (χ3v) is 6.74. The van der Waals surface area contributed by atoms with Gasteiger partial charge in [0.15, 0.2) is 11.5 Å². The first-order chi connectivity index (χ1) is 16.9. The number of nitrogens with zero attached hydrogens (tertiary/aromatic N) is 2. The van der Waals surface area contributed by atoms with Gasteiger partial charge >= 0.3 is 0 Å². The number of ether oxygens (including phenoxy) is 3. The fourth-order valence-electron chi connectivity index (χ4n) is 3.66. The van der Waals surface area contributed by atoms with Gasteiger partial charge in [-0.2, -0.15) is 0 Å². The predicted molar refractivity (Wildman–Crippen MR) is 133 cm³/mol. The zero-order valence-corrected chi connectivity index (χ0v) is 20.8. The van der Waals surface area contributed by atoms with Crippen molar-refractivity contribution >= 4 is 46.5 Å². The van der Waals surface area contributed by atoms with Crippen LogP contribution < -0.4 is 9.47 Å². The van der Waals surface area contributed by atoms with Crippen molar-refractivity contribution in [2.45, 2.75) is 13.0 Å². The Kier molecular flexibility index (Phi) is 8.33. The van der Waals surface area contributed by atoms with E-state index in [1.807, 2.05) is 12.1 Å². The number of carbonyl (C=O) groups excluding carboxylic acids is 3. The number of hydrogen-bond donors (Lipinski definition) is 0. The molecule has 2 aliphatic heterocycles. The fraction of sp³-hybridized carbons (Fsp3) is 0.320. The molecular weight excluding hydrogens is 492 g/mol. The second kappa shape index (κ2) is 11.6. The molecule has 2 heterocycles. The van der Waals surface area contributed by atoms with Crippen molar-refractivity contribution in [3.63, 3.8) is 0 Å². The average Bonchev–Trinajstić information content (AvgIpc) is 3.14. The molecule has 0 aliphatic carbocycles. The van der Waals surface area contributed by atoms with Crippen LogP contribution in [0.5, 0.6) is 11.5 Å². The predicted octanol–water partition coefficient (Wildman–Crippen LogP) is 4.21. The molecule has 184 valence electrons. The number of hydrogen-bond acceptors (Lipinski definition) is 7. The van der Waals surface area contributed by atoms with E-state index < -0.39 is 5.91 Å². The Morgan fingerprint density at radius 2 is 1.86 bits per heavy atom. The molecule has 0 aromatic heterocycles. The molecule has 8 nitrogen and oxygen atoms in total. The highest BCUT2D eigenvalue weighted by Crippen LogP contribution is 2.35. The van der Waals surface area contributed by atoms with Gasteiger partial charge in [-0.3, -0.25) is 19.3 Å². The van der Waals surface area contributed by atoms with E-state index in [9.17, 15) is 14.4 Å². The Labute approximate surface area is 212 Å². The summed E-state index contributed by atoms with van der Waals surface area (Å²) >= 11 is 6.78. The van der Waals surface area contributed by atoms with Gasteiger partial charge in [-0.05, 0) is 53.2 Å². The lowest BCUT2D eigenvalue weighted by Gasteiger charge is -2.27. The zero-order valence-electron chi connectivity index (χ0n) is 19.2. The Bertz CT molecular complexity index is 1130. The number of amides is 3. The fourth-order valence-corrected chi connectivity index (χ4v) is 4.65. The maximum Gasteiger partial charge on any atom is 0.293 e. The second-order valence-electron chi connectivity index (χ2n) is 7.90. The Morgan fingerprint density at radius 3 is 2.57 bits per heavy atom. The van der Waals surface area contributed by atoms with Gasteiger partial charge in [0.25, 0.3) is 11.1 Å². The van der Waals surface area contributed by atoms with Crippen molar-refractivity contribution < 1.29 is 28.6 Å². The van der Waals surface area contributed by atoms with E-state index in [4.69, 9.17) is 25.8 Å². The van der Waals surface area contributed by atoms with Gasteiger partial charge in [-0.15, -0.1) is 0 Å². The highest BCUT2D eigenvalue weighted by Gasteiger charge is 2.35. The van der Waals surface area contributed by atoms with E-state index in [1.54, 1.807) is 41.3 Å². The molecular formula is C25H25ClN2O6S. The lowest BCUT2D eigenvalue weighted by molar-refractivity contribution is -0.135. The molecule has 0 N–H and O–H groups in total.